The summed E-state index contributed by atoms with van der Waals surface area (Å²) in [6, 6.07) is 4.68. The van der Waals surface area contributed by atoms with Crippen molar-refractivity contribution in [1.29, 1.82) is 0 Å². The number of rotatable bonds is 1. The Labute approximate surface area is 85.8 Å². The molecule has 1 heterocycles. The van der Waals surface area contributed by atoms with E-state index in [1.54, 1.807) is 12.1 Å². The summed E-state index contributed by atoms with van der Waals surface area (Å²) < 4.78 is 4.46. The number of fused-ring (bicyclic) bond motifs is 1. The predicted octanol–water partition coefficient (Wildman–Crippen LogP) is 1.13. The third-order valence-corrected chi connectivity index (χ3v) is 2.28. The lowest BCUT2D eigenvalue weighted by Crippen LogP contribution is -2.23. The molecule has 0 fully saturated rings. The van der Waals surface area contributed by atoms with Crippen LogP contribution in [-0.4, -0.2) is 17.7 Å². The molecule has 0 aromatic heterocycles. The van der Waals surface area contributed by atoms with Gasteiger partial charge in [-0.25, -0.2) is 4.79 Å². The lowest BCUT2D eigenvalue weighted by atomic mass is 9.98. The van der Waals surface area contributed by atoms with Crippen molar-refractivity contribution in [1.82, 2.24) is 0 Å². The van der Waals surface area contributed by atoms with Gasteiger partial charge < -0.3 is 4.74 Å². The molecule has 0 atom stereocenters. The van der Waals surface area contributed by atoms with Crippen LogP contribution < -0.4 is 0 Å². The first-order chi connectivity index (χ1) is 7.08. The highest BCUT2D eigenvalue weighted by Gasteiger charge is 2.25. The van der Waals surface area contributed by atoms with Crippen LogP contribution in [0.3, 0.4) is 0 Å². The smallest absolute Gasteiger partial charge is 0.346 e. The average molecular weight is 204 g/mol. The Hall–Kier alpha value is -1.97. The van der Waals surface area contributed by atoms with Crippen molar-refractivity contribution in [2.45, 2.75) is 13.3 Å². The molecule has 0 unspecified atom stereocenters. The van der Waals surface area contributed by atoms with Gasteiger partial charge in [-0.3, -0.25) is 9.59 Å². The quantitative estimate of drug-likeness (QED) is 0.391. The van der Waals surface area contributed by atoms with Gasteiger partial charge in [-0.15, -0.1) is 0 Å². The summed E-state index contributed by atoms with van der Waals surface area (Å²) in [5.74, 6) is -1.35. The number of esters is 2. The van der Waals surface area contributed by atoms with Gasteiger partial charge in [0.05, 0.1) is 12.0 Å². The van der Waals surface area contributed by atoms with Crippen LogP contribution in [0.1, 0.15) is 33.2 Å². The molecule has 0 saturated carbocycles. The molecule has 4 heteroatoms. The van der Waals surface area contributed by atoms with Crippen molar-refractivity contribution >= 4 is 17.7 Å². The third kappa shape index (κ3) is 1.66. The Bertz CT molecular complexity index is 473. The molecular weight excluding hydrogens is 196 g/mol. The van der Waals surface area contributed by atoms with Crippen molar-refractivity contribution in [3.8, 4) is 0 Å². The molecule has 0 bridgehead atoms. The molecule has 0 saturated heterocycles. The first-order valence-electron chi connectivity index (χ1n) is 4.47. The normalized spacial score (nSPS) is 14.5. The number of carbonyl (C=O) groups is 3. The van der Waals surface area contributed by atoms with Crippen LogP contribution in [0.5, 0.6) is 0 Å². The van der Waals surface area contributed by atoms with Crippen LogP contribution in [0.4, 0.5) is 0 Å². The minimum absolute atomic E-state index is 0.0826. The molecule has 15 heavy (non-hydrogen) atoms. The van der Waals surface area contributed by atoms with E-state index in [9.17, 15) is 14.4 Å². The fourth-order valence-electron chi connectivity index (χ4n) is 1.49. The maximum atomic E-state index is 11.3. The molecule has 2 rings (SSSR count). The van der Waals surface area contributed by atoms with Crippen LogP contribution in [0.15, 0.2) is 18.2 Å². The van der Waals surface area contributed by atoms with Crippen LogP contribution in [0.25, 0.3) is 0 Å². The monoisotopic (exact) mass is 204 g/mol. The van der Waals surface area contributed by atoms with Gasteiger partial charge in [0.15, 0.2) is 5.78 Å². The topological polar surface area (TPSA) is 60.4 Å². The van der Waals surface area contributed by atoms with E-state index >= 15 is 0 Å². The summed E-state index contributed by atoms with van der Waals surface area (Å²) >= 11 is 0. The van der Waals surface area contributed by atoms with Crippen LogP contribution in [-0.2, 0) is 16.0 Å². The molecule has 0 amide bonds. The maximum Gasteiger partial charge on any atom is 0.346 e. The van der Waals surface area contributed by atoms with Crippen LogP contribution in [0, 0.1) is 0 Å². The number of cyclic esters (lactones) is 2. The van der Waals surface area contributed by atoms with E-state index in [-0.39, 0.29) is 12.2 Å². The number of hydrogen-bond acceptors (Lipinski definition) is 4. The minimum Gasteiger partial charge on any atom is -0.389 e. The van der Waals surface area contributed by atoms with E-state index in [1.807, 2.05) is 0 Å². The van der Waals surface area contributed by atoms with Gasteiger partial charge in [-0.05, 0) is 18.6 Å². The molecule has 0 N–H and O–H groups in total. The summed E-state index contributed by atoms with van der Waals surface area (Å²) in [7, 11) is 0. The molecule has 1 aliphatic heterocycles. The highest BCUT2D eigenvalue weighted by atomic mass is 16.6. The zero-order chi connectivity index (χ0) is 11.0. The number of Topliss-reactive ketones (excluding diaryl/α,β-unsaturated/α-hetero) is 1. The number of hydrogen-bond donors (Lipinski definition) is 0. The van der Waals surface area contributed by atoms with E-state index in [0.717, 1.165) is 0 Å². The van der Waals surface area contributed by atoms with Gasteiger partial charge in [-0.2, -0.15) is 0 Å². The maximum absolute atomic E-state index is 11.3. The van der Waals surface area contributed by atoms with E-state index in [4.69, 9.17) is 0 Å². The van der Waals surface area contributed by atoms with Crippen molar-refractivity contribution < 1.29 is 19.1 Å². The standard InChI is InChI=1S/C11H8O4/c1-6(12)7-2-3-8-5-10(13)15-11(14)9(8)4-7/h2-4H,5H2,1H3. The summed E-state index contributed by atoms with van der Waals surface area (Å²) in [6.45, 7) is 1.42. The number of carbonyl (C=O) groups excluding carboxylic acids is 3. The number of ketones is 1. The molecule has 76 valence electrons. The van der Waals surface area contributed by atoms with Crippen molar-refractivity contribution in [3.63, 3.8) is 0 Å². The van der Waals surface area contributed by atoms with Crippen molar-refractivity contribution in [3.05, 3.63) is 34.9 Å². The Morgan fingerprint density at radius 1 is 1.33 bits per heavy atom. The van der Waals surface area contributed by atoms with E-state index in [0.29, 0.717) is 16.7 Å². The molecule has 4 nitrogen and oxygen atoms in total. The number of benzene rings is 1. The predicted molar refractivity (Wildman–Crippen MR) is 50.6 cm³/mol. The molecule has 1 aromatic carbocycles. The highest BCUT2D eigenvalue weighted by Crippen LogP contribution is 2.19. The summed E-state index contributed by atoms with van der Waals surface area (Å²) in [5.41, 5.74) is 1.36. The van der Waals surface area contributed by atoms with Crippen LogP contribution >= 0.6 is 0 Å². The zero-order valence-corrected chi connectivity index (χ0v) is 8.07. The zero-order valence-electron chi connectivity index (χ0n) is 8.07. The Kier molecular flexibility index (Phi) is 2.11. The fourth-order valence-corrected chi connectivity index (χ4v) is 1.49. The molecule has 1 aromatic rings. The Morgan fingerprint density at radius 2 is 2.07 bits per heavy atom. The van der Waals surface area contributed by atoms with E-state index in [2.05, 4.69) is 4.74 Å². The fraction of sp³-hybridized carbons (Fsp3) is 0.182. The third-order valence-electron chi connectivity index (χ3n) is 2.28. The van der Waals surface area contributed by atoms with Gasteiger partial charge in [0.25, 0.3) is 0 Å². The second kappa shape index (κ2) is 3.31. The molecule has 0 radical (unpaired) electrons. The second-order valence-corrected chi connectivity index (χ2v) is 3.37. The Balaban J connectivity index is 2.52. The SMILES string of the molecule is CC(=O)c1ccc2c(c1)C(=O)OC(=O)C2. The van der Waals surface area contributed by atoms with Crippen molar-refractivity contribution in [2.75, 3.05) is 0 Å². The lowest BCUT2D eigenvalue weighted by molar-refractivity contribution is -0.137. The van der Waals surface area contributed by atoms with Crippen LogP contribution in [0.2, 0.25) is 0 Å². The molecule has 1 aliphatic rings. The average Bonchev–Trinajstić information content (AvgIpc) is 2.16. The lowest BCUT2D eigenvalue weighted by Gasteiger charge is -2.14. The first-order valence-corrected chi connectivity index (χ1v) is 4.47. The van der Waals surface area contributed by atoms with Gasteiger partial charge in [0.1, 0.15) is 0 Å². The summed E-state index contributed by atoms with van der Waals surface area (Å²) in [5, 5.41) is 0. The molecule has 0 spiro atoms. The van der Waals surface area contributed by atoms with Gasteiger partial charge in [0.2, 0.25) is 0 Å². The van der Waals surface area contributed by atoms with Crippen molar-refractivity contribution in [2.24, 2.45) is 0 Å². The second-order valence-electron chi connectivity index (χ2n) is 3.37. The Morgan fingerprint density at radius 3 is 2.73 bits per heavy atom. The van der Waals surface area contributed by atoms with Gasteiger partial charge >= 0.3 is 11.9 Å². The minimum atomic E-state index is -0.677. The number of ether oxygens (including phenoxy) is 1. The summed E-state index contributed by atoms with van der Waals surface area (Å²) in [6.07, 6.45) is 0.0826. The summed E-state index contributed by atoms with van der Waals surface area (Å²) in [4.78, 5) is 33.3. The largest absolute Gasteiger partial charge is 0.389 e. The first kappa shape index (κ1) is 9.58. The van der Waals surface area contributed by atoms with Gasteiger partial charge in [0, 0.05) is 5.56 Å². The highest BCUT2D eigenvalue weighted by molar-refractivity contribution is 6.04. The van der Waals surface area contributed by atoms with Gasteiger partial charge in [-0.1, -0.05) is 12.1 Å². The molecular formula is C11H8O4. The molecule has 0 aliphatic carbocycles. The van der Waals surface area contributed by atoms with E-state index < -0.39 is 11.9 Å². The van der Waals surface area contributed by atoms with E-state index in [1.165, 1.54) is 13.0 Å².